The second-order valence-electron chi connectivity index (χ2n) is 4.50. The van der Waals surface area contributed by atoms with E-state index in [1.54, 1.807) is 12.1 Å². The molecular weight excluding hydrogens is 264 g/mol. The fourth-order valence-electron chi connectivity index (χ4n) is 1.50. The molecule has 0 aromatic heterocycles. The van der Waals surface area contributed by atoms with E-state index in [1.807, 2.05) is 51.0 Å². The minimum absolute atomic E-state index is 0.0885. The number of rotatable bonds is 3. The van der Waals surface area contributed by atoms with Crippen LogP contribution in [0.3, 0.4) is 0 Å². The first-order chi connectivity index (χ1) is 8.82. The molecule has 0 aliphatic heterocycles. The molecule has 0 radical (unpaired) electrons. The van der Waals surface area contributed by atoms with Crippen molar-refractivity contribution in [2.24, 2.45) is 4.40 Å². The number of benzene rings is 1. The first kappa shape index (κ1) is 15.3. The Morgan fingerprint density at radius 1 is 1.26 bits per heavy atom. The summed E-state index contributed by atoms with van der Waals surface area (Å²) in [6.07, 6.45) is 0. The molecule has 0 heterocycles. The summed E-state index contributed by atoms with van der Waals surface area (Å²) in [5.41, 5.74) is 0.950. The van der Waals surface area contributed by atoms with Crippen LogP contribution >= 0.6 is 11.9 Å². The van der Waals surface area contributed by atoms with Gasteiger partial charge in [-0.05, 0) is 18.6 Å². The van der Waals surface area contributed by atoms with Crippen molar-refractivity contribution < 1.29 is 4.92 Å². The molecule has 0 N–H and O–H groups in total. The maximum atomic E-state index is 11.0. The monoisotopic (exact) mass is 282 g/mol. The van der Waals surface area contributed by atoms with Crippen LogP contribution < -0.4 is 0 Å². The van der Waals surface area contributed by atoms with E-state index in [2.05, 4.69) is 4.40 Å². The molecule has 1 aromatic rings. The Hall–Kier alpha value is -1.76. The zero-order chi connectivity index (χ0) is 14.6. The highest BCUT2D eigenvalue weighted by Gasteiger charge is 2.15. The number of hydrogen-bond acceptors (Lipinski definition) is 4. The second kappa shape index (κ2) is 6.42. The fourth-order valence-corrected chi connectivity index (χ4v) is 2.36. The molecule has 0 saturated carbocycles. The van der Waals surface area contributed by atoms with E-state index in [0.717, 1.165) is 23.5 Å². The van der Waals surface area contributed by atoms with Crippen LogP contribution in [0.5, 0.6) is 0 Å². The Balaban J connectivity index is 3.06. The molecule has 0 aliphatic rings. The summed E-state index contributed by atoms with van der Waals surface area (Å²) in [6.45, 7) is 1.83. The van der Waals surface area contributed by atoms with E-state index in [0.29, 0.717) is 4.90 Å². The van der Waals surface area contributed by atoms with Gasteiger partial charge in [0.25, 0.3) is 5.69 Å². The van der Waals surface area contributed by atoms with E-state index in [9.17, 15) is 10.1 Å². The summed E-state index contributed by atoms with van der Waals surface area (Å²) in [5, 5.41) is 11.0. The topological polar surface area (TPSA) is 62.0 Å². The molecule has 104 valence electrons. The Morgan fingerprint density at radius 3 is 2.32 bits per heavy atom. The van der Waals surface area contributed by atoms with Crippen molar-refractivity contribution in [1.82, 2.24) is 9.80 Å². The van der Waals surface area contributed by atoms with Crippen molar-refractivity contribution in [1.29, 1.82) is 0 Å². The highest BCUT2D eigenvalue weighted by molar-refractivity contribution is 7.98. The lowest BCUT2D eigenvalue weighted by Gasteiger charge is -2.21. The minimum Gasteiger partial charge on any atom is -0.348 e. The third-order valence-electron chi connectivity index (χ3n) is 2.34. The van der Waals surface area contributed by atoms with Gasteiger partial charge in [0.1, 0.15) is 4.90 Å². The maximum Gasteiger partial charge on any atom is 0.285 e. The summed E-state index contributed by atoms with van der Waals surface area (Å²) in [7, 11) is 7.51. The molecule has 0 saturated heterocycles. The lowest BCUT2D eigenvalue weighted by molar-refractivity contribution is -0.387. The van der Waals surface area contributed by atoms with Crippen molar-refractivity contribution >= 4 is 23.6 Å². The van der Waals surface area contributed by atoms with Gasteiger partial charge >= 0.3 is 0 Å². The summed E-state index contributed by atoms with van der Waals surface area (Å²) >= 11 is 1.11. The first-order valence-corrected chi connectivity index (χ1v) is 6.45. The van der Waals surface area contributed by atoms with Crippen LogP contribution in [-0.4, -0.2) is 48.9 Å². The van der Waals surface area contributed by atoms with Gasteiger partial charge in [0, 0.05) is 46.2 Å². The van der Waals surface area contributed by atoms with Gasteiger partial charge in [0.15, 0.2) is 0 Å². The smallest absolute Gasteiger partial charge is 0.285 e. The Morgan fingerprint density at radius 2 is 1.84 bits per heavy atom. The highest BCUT2D eigenvalue weighted by Crippen LogP contribution is 2.30. The van der Waals surface area contributed by atoms with Gasteiger partial charge in [0.2, 0.25) is 5.96 Å². The van der Waals surface area contributed by atoms with E-state index < -0.39 is 0 Å². The molecule has 1 aromatic carbocycles. The molecule has 6 nitrogen and oxygen atoms in total. The molecule has 7 heteroatoms. The van der Waals surface area contributed by atoms with Crippen LogP contribution in [-0.2, 0) is 0 Å². The van der Waals surface area contributed by atoms with Gasteiger partial charge in [-0.2, -0.15) is 4.40 Å². The number of nitro groups is 1. The van der Waals surface area contributed by atoms with Crippen molar-refractivity contribution in [3.8, 4) is 0 Å². The van der Waals surface area contributed by atoms with Crippen LogP contribution in [0, 0.1) is 17.0 Å². The lowest BCUT2D eigenvalue weighted by Crippen LogP contribution is -2.34. The van der Waals surface area contributed by atoms with Crippen molar-refractivity contribution in [3.05, 3.63) is 33.9 Å². The van der Waals surface area contributed by atoms with E-state index in [-0.39, 0.29) is 10.6 Å². The number of hydrogen-bond donors (Lipinski definition) is 0. The van der Waals surface area contributed by atoms with Gasteiger partial charge < -0.3 is 9.80 Å². The zero-order valence-corrected chi connectivity index (χ0v) is 12.6. The van der Waals surface area contributed by atoms with Gasteiger partial charge in [-0.15, -0.1) is 0 Å². The maximum absolute atomic E-state index is 11.0. The van der Waals surface area contributed by atoms with Gasteiger partial charge in [-0.25, -0.2) is 0 Å². The number of aryl methyl sites for hydroxylation is 1. The van der Waals surface area contributed by atoms with Crippen LogP contribution in [0.2, 0.25) is 0 Å². The number of nitro benzene ring substituents is 1. The summed E-state index contributed by atoms with van der Waals surface area (Å²) in [4.78, 5) is 14.9. The van der Waals surface area contributed by atoms with E-state index in [1.165, 1.54) is 0 Å². The SMILES string of the molecule is Cc1ccc(SN=C(N(C)C)N(C)C)c([N+](=O)[O-])c1. The van der Waals surface area contributed by atoms with Crippen molar-refractivity contribution in [2.75, 3.05) is 28.2 Å². The molecule has 0 fully saturated rings. The summed E-state index contributed by atoms with van der Waals surface area (Å²) < 4.78 is 4.35. The van der Waals surface area contributed by atoms with Gasteiger partial charge in [-0.1, -0.05) is 6.07 Å². The molecule has 0 spiro atoms. The standard InChI is InChI=1S/C12H18N4O2S/c1-9-6-7-11(10(8-9)16(17)18)19-13-12(14(2)3)15(4)5/h6-8H,1-5H3. The predicted molar refractivity (Wildman–Crippen MR) is 78.5 cm³/mol. The van der Waals surface area contributed by atoms with Gasteiger partial charge in [-0.3, -0.25) is 10.1 Å². The molecule has 0 amide bonds. The minimum atomic E-state index is -0.379. The third kappa shape index (κ3) is 4.13. The Bertz CT molecular complexity index is 491. The molecule has 1 rings (SSSR count). The van der Waals surface area contributed by atoms with Crippen molar-refractivity contribution in [3.63, 3.8) is 0 Å². The normalized spacial score (nSPS) is 9.95. The largest absolute Gasteiger partial charge is 0.348 e. The highest BCUT2D eigenvalue weighted by atomic mass is 32.2. The number of guanidine groups is 1. The zero-order valence-electron chi connectivity index (χ0n) is 11.7. The Kier molecular flexibility index (Phi) is 5.17. The first-order valence-electron chi connectivity index (χ1n) is 5.67. The Labute approximate surface area is 117 Å². The average molecular weight is 282 g/mol. The quantitative estimate of drug-likeness (QED) is 0.280. The second-order valence-corrected chi connectivity index (χ2v) is 5.30. The van der Waals surface area contributed by atoms with Crippen molar-refractivity contribution in [2.45, 2.75) is 11.8 Å². The average Bonchev–Trinajstić information content (AvgIpc) is 2.29. The van der Waals surface area contributed by atoms with E-state index >= 15 is 0 Å². The summed E-state index contributed by atoms with van der Waals surface area (Å²) in [6, 6.07) is 5.13. The number of nitrogens with zero attached hydrogens (tertiary/aromatic N) is 4. The van der Waals surface area contributed by atoms with Gasteiger partial charge in [0.05, 0.1) is 4.92 Å². The molecule has 0 unspecified atom stereocenters. The van der Waals surface area contributed by atoms with Crippen LogP contribution in [0.1, 0.15) is 5.56 Å². The molecule has 0 atom stereocenters. The molecule has 19 heavy (non-hydrogen) atoms. The lowest BCUT2D eigenvalue weighted by atomic mass is 10.2. The summed E-state index contributed by atoms with van der Waals surface area (Å²) in [5.74, 6) is 0.736. The third-order valence-corrected chi connectivity index (χ3v) is 3.13. The van der Waals surface area contributed by atoms with Crippen LogP contribution in [0.25, 0.3) is 0 Å². The molecule has 0 aliphatic carbocycles. The molecule has 0 bridgehead atoms. The fraction of sp³-hybridized carbons (Fsp3) is 0.417. The van der Waals surface area contributed by atoms with Crippen LogP contribution in [0.15, 0.2) is 27.5 Å². The van der Waals surface area contributed by atoms with E-state index in [4.69, 9.17) is 0 Å². The predicted octanol–water partition coefficient (Wildman–Crippen LogP) is 2.39. The molecular formula is C12H18N4O2S. The van der Waals surface area contributed by atoms with Crippen LogP contribution in [0.4, 0.5) is 5.69 Å².